The van der Waals surface area contributed by atoms with Crippen LogP contribution in [0.3, 0.4) is 0 Å². The van der Waals surface area contributed by atoms with Crippen molar-refractivity contribution >= 4 is 27.3 Å². The summed E-state index contributed by atoms with van der Waals surface area (Å²) in [6.45, 7) is 2.82. The van der Waals surface area contributed by atoms with E-state index in [2.05, 4.69) is 21.2 Å². The Morgan fingerprint density at radius 3 is 2.76 bits per heavy atom. The normalized spacial score (nSPS) is 12.6. The van der Waals surface area contributed by atoms with Crippen molar-refractivity contribution in [1.82, 2.24) is 5.32 Å². The number of benzene rings is 1. The monoisotopic (exact) mass is 313 g/mol. The highest BCUT2D eigenvalue weighted by Gasteiger charge is 2.17. The Kier molecular flexibility index (Phi) is 4.31. The van der Waals surface area contributed by atoms with E-state index in [1.165, 1.54) is 6.07 Å². The number of nitrogens with one attached hydrogen (secondary N) is 1. The third-order valence-electron chi connectivity index (χ3n) is 2.50. The molecule has 0 aliphatic heterocycles. The van der Waals surface area contributed by atoms with Crippen molar-refractivity contribution in [1.29, 1.82) is 0 Å². The SMILES string of the molecule is CCNC(c1cc(Br)cs1)c1ccccc1F. The molecule has 0 aliphatic rings. The first kappa shape index (κ1) is 12.7. The number of rotatable bonds is 4. The van der Waals surface area contributed by atoms with Crippen molar-refractivity contribution in [3.63, 3.8) is 0 Å². The van der Waals surface area contributed by atoms with E-state index in [1.54, 1.807) is 17.4 Å². The summed E-state index contributed by atoms with van der Waals surface area (Å²) in [5.74, 6) is -0.164. The maximum atomic E-state index is 13.8. The van der Waals surface area contributed by atoms with Crippen LogP contribution < -0.4 is 5.32 Å². The van der Waals surface area contributed by atoms with Gasteiger partial charge in [0.1, 0.15) is 5.82 Å². The molecule has 0 spiro atoms. The molecule has 0 radical (unpaired) electrons. The van der Waals surface area contributed by atoms with Crippen LogP contribution in [-0.2, 0) is 0 Å². The highest BCUT2D eigenvalue weighted by molar-refractivity contribution is 9.10. The summed E-state index contributed by atoms with van der Waals surface area (Å²) in [5, 5.41) is 5.33. The molecule has 1 aromatic carbocycles. The van der Waals surface area contributed by atoms with Crippen LogP contribution in [0.15, 0.2) is 40.2 Å². The summed E-state index contributed by atoms with van der Waals surface area (Å²) in [6.07, 6.45) is 0. The Bertz CT molecular complexity index is 498. The Labute approximate surface area is 113 Å². The fraction of sp³-hybridized carbons (Fsp3) is 0.231. The summed E-state index contributed by atoms with van der Waals surface area (Å²) in [4.78, 5) is 1.11. The third kappa shape index (κ3) is 2.94. The molecule has 1 aromatic heterocycles. The second-order valence-electron chi connectivity index (χ2n) is 3.68. The van der Waals surface area contributed by atoms with Crippen LogP contribution in [0.2, 0.25) is 0 Å². The van der Waals surface area contributed by atoms with Gasteiger partial charge in [0, 0.05) is 20.3 Å². The maximum absolute atomic E-state index is 13.8. The summed E-state index contributed by atoms with van der Waals surface area (Å²) in [6, 6.07) is 8.87. The van der Waals surface area contributed by atoms with Crippen LogP contribution in [0, 0.1) is 5.82 Å². The van der Waals surface area contributed by atoms with Gasteiger partial charge >= 0.3 is 0 Å². The Balaban J connectivity index is 2.39. The number of hydrogen-bond acceptors (Lipinski definition) is 2. The van der Waals surface area contributed by atoms with Crippen molar-refractivity contribution in [3.8, 4) is 0 Å². The Hall–Kier alpha value is -0.710. The van der Waals surface area contributed by atoms with Gasteiger partial charge in [0.05, 0.1) is 6.04 Å². The Morgan fingerprint density at radius 1 is 1.41 bits per heavy atom. The van der Waals surface area contributed by atoms with E-state index in [-0.39, 0.29) is 11.9 Å². The van der Waals surface area contributed by atoms with Gasteiger partial charge in [-0.15, -0.1) is 11.3 Å². The number of hydrogen-bond donors (Lipinski definition) is 1. The fourth-order valence-corrected chi connectivity index (χ4v) is 3.29. The van der Waals surface area contributed by atoms with Crippen LogP contribution in [0.4, 0.5) is 4.39 Å². The zero-order valence-corrected chi connectivity index (χ0v) is 11.8. The second kappa shape index (κ2) is 5.76. The van der Waals surface area contributed by atoms with Gasteiger partial charge in [-0.05, 0) is 34.6 Å². The van der Waals surface area contributed by atoms with Gasteiger partial charge in [-0.3, -0.25) is 0 Å². The highest BCUT2D eigenvalue weighted by Crippen LogP contribution is 2.31. The number of thiophene rings is 1. The summed E-state index contributed by atoms with van der Waals surface area (Å²) in [5.41, 5.74) is 0.698. The van der Waals surface area contributed by atoms with Gasteiger partial charge < -0.3 is 5.32 Å². The highest BCUT2D eigenvalue weighted by atomic mass is 79.9. The van der Waals surface area contributed by atoms with E-state index in [1.807, 2.05) is 30.5 Å². The lowest BCUT2D eigenvalue weighted by molar-refractivity contribution is 0.563. The summed E-state index contributed by atoms with van der Waals surface area (Å²) < 4.78 is 14.8. The zero-order chi connectivity index (χ0) is 12.3. The molecule has 4 heteroatoms. The lowest BCUT2D eigenvalue weighted by Gasteiger charge is -2.17. The van der Waals surface area contributed by atoms with Gasteiger partial charge in [-0.25, -0.2) is 4.39 Å². The number of halogens is 2. The van der Waals surface area contributed by atoms with E-state index >= 15 is 0 Å². The Morgan fingerprint density at radius 2 is 2.18 bits per heavy atom. The first-order chi connectivity index (χ1) is 8.22. The van der Waals surface area contributed by atoms with Crippen molar-refractivity contribution in [2.45, 2.75) is 13.0 Å². The molecule has 0 bridgehead atoms. The van der Waals surface area contributed by atoms with Crippen molar-refractivity contribution in [2.75, 3.05) is 6.54 Å². The molecular weight excluding hydrogens is 301 g/mol. The smallest absolute Gasteiger partial charge is 0.128 e. The lowest BCUT2D eigenvalue weighted by atomic mass is 10.0. The molecule has 1 unspecified atom stereocenters. The standard InChI is InChI=1S/C13H13BrFNS/c1-2-16-13(12-7-9(14)8-17-12)10-5-3-4-6-11(10)15/h3-8,13,16H,2H2,1H3. The summed E-state index contributed by atoms with van der Waals surface area (Å²) in [7, 11) is 0. The molecular formula is C13H13BrFNS. The van der Waals surface area contributed by atoms with Crippen molar-refractivity contribution in [3.05, 3.63) is 56.4 Å². The zero-order valence-electron chi connectivity index (χ0n) is 9.41. The minimum Gasteiger partial charge on any atom is -0.306 e. The van der Waals surface area contributed by atoms with Gasteiger partial charge in [-0.1, -0.05) is 25.1 Å². The molecule has 1 heterocycles. The molecule has 1 nitrogen and oxygen atoms in total. The minimum atomic E-state index is -0.164. The molecule has 2 aromatic rings. The largest absolute Gasteiger partial charge is 0.306 e. The van der Waals surface area contributed by atoms with E-state index in [9.17, 15) is 4.39 Å². The molecule has 1 atom stereocenters. The van der Waals surface area contributed by atoms with Gasteiger partial charge in [-0.2, -0.15) is 0 Å². The lowest BCUT2D eigenvalue weighted by Crippen LogP contribution is -2.22. The fourth-order valence-electron chi connectivity index (χ4n) is 1.76. The molecule has 90 valence electrons. The van der Waals surface area contributed by atoms with Crippen molar-refractivity contribution < 1.29 is 4.39 Å². The molecule has 0 fully saturated rings. The molecule has 0 saturated heterocycles. The van der Waals surface area contributed by atoms with Gasteiger partial charge in [0.2, 0.25) is 0 Å². The second-order valence-corrected chi connectivity index (χ2v) is 5.54. The van der Waals surface area contributed by atoms with Gasteiger partial charge in [0.25, 0.3) is 0 Å². The predicted octanol–water partition coefficient (Wildman–Crippen LogP) is 4.35. The molecule has 17 heavy (non-hydrogen) atoms. The topological polar surface area (TPSA) is 12.0 Å². The van der Waals surface area contributed by atoms with Crippen LogP contribution >= 0.6 is 27.3 Å². The molecule has 1 N–H and O–H groups in total. The summed E-state index contributed by atoms with van der Waals surface area (Å²) >= 11 is 5.06. The van der Waals surface area contributed by atoms with Crippen LogP contribution in [0.1, 0.15) is 23.4 Å². The molecule has 0 amide bonds. The quantitative estimate of drug-likeness (QED) is 0.885. The molecule has 0 saturated carbocycles. The van der Waals surface area contributed by atoms with Crippen molar-refractivity contribution in [2.24, 2.45) is 0 Å². The van der Waals surface area contributed by atoms with E-state index in [0.717, 1.165) is 15.9 Å². The van der Waals surface area contributed by atoms with Crippen LogP contribution in [-0.4, -0.2) is 6.54 Å². The van der Waals surface area contributed by atoms with E-state index in [0.29, 0.717) is 5.56 Å². The average Bonchev–Trinajstić information content (AvgIpc) is 2.74. The van der Waals surface area contributed by atoms with E-state index < -0.39 is 0 Å². The molecule has 2 rings (SSSR count). The first-order valence-corrected chi connectivity index (χ1v) is 7.11. The predicted molar refractivity (Wildman–Crippen MR) is 73.9 cm³/mol. The molecule has 0 aliphatic carbocycles. The first-order valence-electron chi connectivity index (χ1n) is 5.44. The van der Waals surface area contributed by atoms with E-state index in [4.69, 9.17) is 0 Å². The maximum Gasteiger partial charge on any atom is 0.128 e. The minimum absolute atomic E-state index is 0.0718. The average molecular weight is 314 g/mol. The van der Waals surface area contributed by atoms with Crippen LogP contribution in [0.5, 0.6) is 0 Å². The third-order valence-corrected chi connectivity index (χ3v) is 4.26. The van der Waals surface area contributed by atoms with Gasteiger partial charge in [0.15, 0.2) is 0 Å². The van der Waals surface area contributed by atoms with Crippen LogP contribution in [0.25, 0.3) is 0 Å².